The van der Waals surface area contributed by atoms with E-state index in [2.05, 4.69) is 15.0 Å². The van der Waals surface area contributed by atoms with Gasteiger partial charge in [-0.1, -0.05) is 6.07 Å². The van der Waals surface area contributed by atoms with Crippen molar-refractivity contribution < 1.29 is 27.4 Å². The van der Waals surface area contributed by atoms with Crippen molar-refractivity contribution >= 4 is 11.7 Å². The molecule has 124 valence electrons. The summed E-state index contributed by atoms with van der Waals surface area (Å²) in [6.45, 7) is 1.92. The molecule has 0 amide bonds. The minimum Gasteiger partial charge on any atom is -0.436 e. The summed E-state index contributed by atoms with van der Waals surface area (Å²) in [5.41, 5.74) is 2.46. The molecule has 1 aromatic carbocycles. The van der Waals surface area contributed by atoms with Crippen LogP contribution in [0.15, 0.2) is 18.2 Å². The van der Waals surface area contributed by atoms with E-state index in [1.54, 1.807) is 6.07 Å². The second-order valence-electron chi connectivity index (χ2n) is 6.04. The lowest BCUT2D eigenvalue weighted by Crippen LogP contribution is -2.36. The summed E-state index contributed by atoms with van der Waals surface area (Å²) >= 11 is 0. The van der Waals surface area contributed by atoms with Crippen molar-refractivity contribution in [3.63, 3.8) is 0 Å². The van der Waals surface area contributed by atoms with E-state index >= 15 is 0 Å². The molecule has 4 rings (SSSR count). The molecule has 0 saturated carbocycles. The van der Waals surface area contributed by atoms with Crippen LogP contribution >= 0.6 is 0 Å². The van der Waals surface area contributed by atoms with Crippen molar-refractivity contribution in [2.75, 3.05) is 18.1 Å². The standard InChI is InChI=1S/C15H15F3N2O3/c16-15(17,18)14(21)23-13-12-2-1-9(3-8(12)5-19-13)20-6-11-4-10(20)7-22-11/h1-3,10-11,13,19H,4-7H2/t10-,11-,13?/m0/s1. The molecule has 1 N–H and O–H groups in total. The van der Waals surface area contributed by atoms with Crippen LogP contribution in [0.3, 0.4) is 0 Å². The molecule has 2 saturated heterocycles. The molecular weight excluding hydrogens is 313 g/mol. The van der Waals surface area contributed by atoms with Gasteiger partial charge in [0.15, 0.2) is 6.23 Å². The molecule has 1 unspecified atom stereocenters. The van der Waals surface area contributed by atoms with Gasteiger partial charge in [-0.05, 0) is 24.1 Å². The Bertz CT molecular complexity index is 649. The predicted molar refractivity (Wildman–Crippen MR) is 73.7 cm³/mol. The molecule has 3 aliphatic heterocycles. The quantitative estimate of drug-likeness (QED) is 0.840. The SMILES string of the molecule is O=C(OC1NCc2cc(N3C[C@@H]4C[C@H]3CO4)ccc21)C(F)(F)F. The first-order valence-corrected chi connectivity index (χ1v) is 7.44. The summed E-state index contributed by atoms with van der Waals surface area (Å²) in [5.74, 6) is -2.18. The summed E-state index contributed by atoms with van der Waals surface area (Å²) in [5, 5.41) is 2.79. The summed E-state index contributed by atoms with van der Waals surface area (Å²) in [6.07, 6.45) is -4.75. The fraction of sp³-hybridized carbons (Fsp3) is 0.533. The van der Waals surface area contributed by atoms with Gasteiger partial charge >= 0.3 is 12.1 Å². The van der Waals surface area contributed by atoms with Gasteiger partial charge in [-0.15, -0.1) is 0 Å². The van der Waals surface area contributed by atoms with E-state index < -0.39 is 18.4 Å². The Kier molecular flexibility index (Phi) is 3.28. The number of carbonyl (C=O) groups excluding carboxylic acids is 1. The van der Waals surface area contributed by atoms with E-state index in [4.69, 9.17) is 4.74 Å². The Morgan fingerprint density at radius 1 is 1.39 bits per heavy atom. The summed E-state index contributed by atoms with van der Waals surface area (Å²) in [7, 11) is 0. The van der Waals surface area contributed by atoms with Crippen molar-refractivity contribution in [3.05, 3.63) is 29.3 Å². The second-order valence-corrected chi connectivity index (χ2v) is 6.04. The lowest BCUT2D eigenvalue weighted by atomic mass is 10.1. The predicted octanol–water partition coefficient (Wildman–Crippen LogP) is 1.87. The zero-order valence-electron chi connectivity index (χ0n) is 12.1. The Hall–Kier alpha value is -1.80. The van der Waals surface area contributed by atoms with Gasteiger partial charge in [0.25, 0.3) is 0 Å². The number of anilines is 1. The molecule has 2 fully saturated rings. The van der Waals surface area contributed by atoms with Crippen molar-refractivity contribution in [1.82, 2.24) is 5.32 Å². The fourth-order valence-electron chi connectivity index (χ4n) is 3.49. The Morgan fingerprint density at radius 3 is 2.87 bits per heavy atom. The molecule has 1 aromatic rings. The minimum atomic E-state index is -4.99. The molecule has 8 heteroatoms. The molecule has 3 atom stereocenters. The van der Waals surface area contributed by atoms with Crippen molar-refractivity contribution in [2.45, 2.75) is 37.5 Å². The van der Waals surface area contributed by atoms with Gasteiger partial charge in [0.1, 0.15) is 0 Å². The van der Waals surface area contributed by atoms with Gasteiger partial charge < -0.3 is 14.4 Å². The number of fused-ring (bicyclic) bond motifs is 3. The van der Waals surface area contributed by atoms with Gasteiger partial charge in [0.2, 0.25) is 0 Å². The number of hydrogen-bond acceptors (Lipinski definition) is 5. The van der Waals surface area contributed by atoms with Crippen LogP contribution in [0.25, 0.3) is 0 Å². The normalized spacial score (nSPS) is 29.0. The van der Waals surface area contributed by atoms with Gasteiger partial charge in [-0.25, -0.2) is 4.79 Å². The number of rotatable bonds is 2. The van der Waals surface area contributed by atoms with E-state index in [1.807, 2.05) is 12.1 Å². The van der Waals surface area contributed by atoms with Crippen LogP contribution < -0.4 is 10.2 Å². The highest BCUT2D eigenvalue weighted by molar-refractivity contribution is 5.76. The van der Waals surface area contributed by atoms with Gasteiger partial charge in [0, 0.05) is 24.3 Å². The number of carbonyl (C=O) groups is 1. The monoisotopic (exact) mass is 328 g/mol. The number of alkyl halides is 3. The van der Waals surface area contributed by atoms with Crippen LogP contribution in [-0.2, 0) is 20.8 Å². The van der Waals surface area contributed by atoms with Crippen LogP contribution in [0.1, 0.15) is 23.8 Å². The molecule has 23 heavy (non-hydrogen) atoms. The third-order valence-electron chi connectivity index (χ3n) is 4.58. The molecule has 3 heterocycles. The summed E-state index contributed by atoms with van der Waals surface area (Å²) < 4.78 is 47.0. The van der Waals surface area contributed by atoms with E-state index in [1.165, 1.54) is 0 Å². The smallest absolute Gasteiger partial charge is 0.436 e. The lowest BCUT2D eigenvalue weighted by Gasteiger charge is -2.29. The number of ether oxygens (including phenoxy) is 2. The Labute approximate surface area is 130 Å². The summed E-state index contributed by atoms with van der Waals surface area (Å²) in [4.78, 5) is 13.3. The van der Waals surface area contributed by atoms with Crippen molar-refractivity contribution in [1.29, 1.82) is 0 Å². The Balaban J connectivity index is 1.52. The summed E-state index contributed by atoms with van der Waals surface area (Å²) in [6, 6.07) is 5.91. The highest BCUT2D eigenvalue weighted by atomic mass is 19.4. The lowest BCUT2D eigenvalue weighted by molar-refractivity contribution is -0.206. The Morgan fingerprint density at radius 2 is 2.22 bits per heavy atom. The third-order valence-corrected chi connectivity index (χ3v) is 4.58. The van der Waals surface area contributed by atoms with Gasteiger partial charge in [-0.3, -0.25) is 5.32 Å². The molecular formula is C15H15F3N2O3. The zero-order valence-corrected chi connectivity index (χ0v) is 12.1. The topological polar surface area (TPSA) is 50.8 Å². The van der Waals surface area contributed by atoms with Crippen LogP contribution in [0.4, 0.5) is 18.9 Å². The van der Waals surface area contributed by atoms with E-state index in [0.29, 0.717) is 24.8 Å². The maximum absolute atomic E-state index is 12.3. The van der Waals surface area contributed by atoms with Gasteiger partial charge in [-0.2, -0.15) is 13.2 Å². The molecule has 2 bridgehead atoms. The number of nitrogens with one attached hydrogen (secondary N) is 1. The third kappa shape index (κ3) is 2.55. The zero-order chi connectivity index (χ0) is 16.2. The average molecular weight is 328 g/mol. The van der Waals surface area contributed by atoms with E-state index in [9.17, 15) is 18.0 Å². The van der Waals surface area contributed by atoms with Crippen molar-refractivity contribution in [2.24, 2.45) is 0 Å². The number of esters is 1. The fourth-order valence-corrected chi connectivity index (χ4v) is 3.49. The average Bonchev–Trinajstić information content (AvgIpc) is 3.21. The van der Waals surface area contributed by atoms with E-state index in [0.717, 1.165) is 24.2 Å². The van der Waals surface area contributed by atoms with Crippen LogP contribution in [0.5, 0.6) is 0 Å². The van der Waals surface area contributed by atoms with Gasteiger partial charge in [0.05, 0.1) is 18.8 Å². The van der Waals surface area contributed by atoms with Crippen LogP contribution in [-0.4, -0.2) is 37.4 Å². The first-order chi connectivity index (χ1) is 10.9. The van der Waals surface area contributed by atoms with Crippen molar-refractivity contribution in [3.8, 4) is 0 Å². The van der Waals surface area contributed by atoms with Crippen LogP contribution in [0, 0.1) is 0 Å². The number of halogens is 3. The number of hydrogen-bond donors (Lipinski definition) is 1. The highest BCUT2D eigenvalue weighted by Crippen LogP contribution is 2.36. The van der Waals surface area contributed by atoms with E-state index in [-0.39, 0.29) is 6.10 Å². The molecule has 0 aromatic heterocycles. The molecule has 0 radical (unpaired) electrons. The molecule has 0 spiro atoms. The largest absolute Gasteiger partial charge is 0.490 e. The molecule has 0 aliphatic carbocycles. The number of benzene rings is 1. The first-order valence-electron chi connectivity index (χ1n) is 7.44. The second kappa shape index (κ2) is 5.10. The number of morpholine rings is 1. The molecule has 3 aliphatic rings. The maximum Gasteiger partial charge on any atom is 0.490 e. The maximum atomic E-state index is 12.3. The van der Waals surface area contributed by atoms with Crippen LogP contribution in [0.2, 0.25) is 0 Å². The minimum absolute atomic E-state index is 0.270. The molecule has 5 nitrogen and oxygen atoms in total. The first kappa shape index (κ1) is 14.8. The number of nitrogens with zero attached hydrogens (tertiary/aromatic N) is 1. The highest BCUT2D eigenvalue weighted by Gasteiger charge is 2.44.